The Balaban J connectivity index is 1.59. The van der Waals surface area contributed by atoms with E-state index in [0.717, 1.165) is 0 Å². The van der Waals surface area contributed by atoms with Crippen molar-refractivity contribution in [1.29, 1.82) is 5.41 Å². The van der Waals surface area contributed by atoms with E-state index in [2.05, 4.69) is 15.3 Å². The zero-order chi connectivity index (χ0) is 22.8. The fraction of sp³-hybridized carbons (Fsp3) is 0.174. The SMILES string of the molecule is N=c1c(C(=O)NCc2ccco2)cc2c(=O)n3ccccc3nc2n1CCCn1ccnc1. The summed E-state index contributed by atoms with van der Waals surface area (Å²) in [5, 5.41) is 11.8. The van der Waals surface area contributed by atoms with Gasteiger partial charge in [0, 0.05) is 31.7 Å². The Morgan fingerprint density at radius 3 is 2.85 bits per heavy atom. The van der Waals surface area contributed by atoms with Crippen molar-refractivity contribution in [2.24, 2.45) is 0 Å². The number of carbonyl (C=O) groups excluding carboxylic acids is 1. The van der Waals surface area contributed by atoms with Gasteiger partial charge in [0.25, 0.3) is 11.5 Å². The molecule has 2 N–H and O–H groups in total. The van der Waals surface area contributed by atoms with Gasteiger partial charge in [-0.05, 0) is 36.8 Å². The van der Waals surface area contributed by atoms with E-state index >= 15 is 0 Å². The first-order chi connectivity index (χ1) is 16.1. The Bertz CT molecular complexity index is 1550. The molecule has 0 atom stereocenters. The molecule has 10 nitrogen and oxygen atoms in total. The monoisotopic (exact) mass is 443 g/mol. The summed E-state index contributed by atoms with van der Waals surface area (Å²) in [5.41, 5.74) is 0.667. The molecule has 10 heteroatoms. The van der Waals surface area contributed by atoms with Crippen molar-refractivity contribution < 1.29 is 9.21 Å². The smallest absolute Gasteiger partial charge is 0.267 e. The number of amides is 1. The lowest BCUT2D eigenvalue weighted by Gasteiger charge is -2.15. The van der Waals surface area contributed by atoms with Crippen LogP contribution in [0.5, 0.6) is 0 Å². The van der Waals surface area contributed by atoms with Crippen molar-refractivity contribution in [3.05, 3.63) is 94.7 Å². The second-order valence-corrected chi connectivity index (χ2v) is 7.56. The van der Waals surface area contributed by atoms with E-state index in [4.69, 9.17) is 9.83 Å². The second-order valence-electron chi connectivity index (χ2n) is 7.56. The number of aryl methyl sites for hydroxylation is 2. The molecule has 5 aromatic heterocycles. The average molecular weight is 443 g/mol. The van der Waals surface area contributed by atoms with E-state index in [1.807, 2.05) is 10.8 Å². The third kappa shape index (κ3) is 3.93. The number of furan rings is 1. The van der Waals surface area contributed by atoms with E-state index in [9.17, 15) is 9.59 Å². The lowest BCUT2D eigenvalue weighted by molar-refractivity contribution is 0.0945. The molecule has 5 rings (SSSR count). The Morgan fingerprint density at radius 2 is 2.06 bits per heavy atom. The highest BCUT2D eigenvalue weighted by molar-refractivity contribution is 5.96. The molecular weight excluding hydrogens is 422 g/mol. The van der Waals surface area contributed by atoms with Crippen molar-refractivity contribution in [3.63, 3.8) is 0 Å². The highest BCUT2D eigenvalue weighted by Crippen LogP contribution is 2.11. The third-order valence-corrected chi connectivity index (χ3v) is 5.42. The van der Waals surface area contributed by atoms with E-state index in [1.165, 1.54) is 16.7 Å². The van der Waals surface area contributed by atoms with Crippen LogP contribution in [0.4, 0.5) is 0 Å². The lowest BCUT2D eigenvalue weighted by Crippen LogP contribution is -2.35. The fourth-order valence-electron chi connectivity index (χ4n) is 3.78. The molecule has 0 saturated carbocycles. The van der Waals surface area contributed by atoms with Crippen LogP contribution in [0.15, 0.2) is 76.8 Å². The van der Waals surface area contributed by atoms with Crippen LogP contribution < -0.4 is 16.4 Å². The quantitative estimate of drug-likeness (QED) is 0.372. The molecule has 0 fully saturated rings. The molecule has 0 aliphatic carbocycles. The number of aromatic nitrogens is 5. The minimum Gasteiger partial charge on any atom is -0.467 e. The van der Waals surface area contributed by atoms with Gasteiger partial charge in [0.2, 0.25) is 0 Å². The largest absolute Gasteiger partial charge is 0.467 e. The van der Waals surface area contributed by atoms with Crippen molar-refractivity contribution in [3.8, 4) is 0 Å². The standard InChI is InChI=1S/C23H21N7O3/c24-20-17(22(31)26-14-16-5-3-12-33-16)13-18-21(27-19-6-1-2-9-29(19)23(18)32)30(20)10-4-8-28-11-7-25-15-28/h1-3,5-7,9,11-13,15,24H,4,8,10,14H2,(H,26,31). The van der Waals surface area contributed by atoms with Gasteiger partial charge in [0.1, 0.15) is 22.5 Å². The maximum Gasteiger partial charge on any atom is 0.267 e. The number of nitrogens with zero attached hydrogens (tertiary/aromatic N) is 5. The predicted molar refractivity (Wildman–Crippen MR) is 120 cm³/mol. The topological polar surface area (TPSA) is 123 Å². The number of hydrogen-bond donors (Lipinski definition) is 2. The average Bonchev–Trinajstić information content (AvgIpc) is 3.53. The molecule has 0 aliphatic heterocycles. The minimum absolute atomic E-state index is 0.00254. The number of nitrogens with one attached hydrogen (secondary N) is 2. The second kappa shape index (κ2) is 8.58. The maximum atomic E-state index is 13.2. The van der Waals surface area contributed by atoms with Crippen LogP contribution in [0.2, 0.25) is 0 Å². The lowest BCUT2D eigenvalue weighted by atomic mass is 10.2. The minimum atomic E-state index is -0.459. The maximum absolute atomic E-state index is 13.2. The first-order valence-electron chi connectivity index (χ1n) is 10.5. The van der Waals surface area contributed by atoms with Gasteiger partial charge < -0.3 is 18.9 Å². The molecule has 0 unspecified atom stereocenters. The normalized spacial score (nSPS) is 11.3. The van der Waals surface area contributed by atoms with Crippen LogP contribution >= 0.6 is 0 Å². The Morgan fingerprint density at radius 1 is 1.15 bits per heavy atom. The summed E-state index contributed by atoms with van der Waals surface area (Å²) in [7, 11) is 0. The molecule has 0 bridgehead atoms. The fourth-order valence-corrected chi connectivity index (χ4v) is 3.78. The van der Waals surface area contributed by atoms with Gasteiger partial charge in [-0.1, -0.05) is 6.07 Å². The van der Waals surface area contributed by atoms with Crippen molar-refractivity contribution in [2.45, 2.75) is 26.1 Å². The van der Waals surface area contributed by atoms with E-state index in [-0.39, 0.29) is 28.5 Å². The third-order valence-electron chi connectivity index (χ3n) is 5.42. The van der Waals surface area contributed by atoms with Crippen molar-refractivity contribution in [1.82, 2.24) is 28.8 Å². The van der Waals surface area contributed by atoms with Gasteiger partial charge in [-0.25, -0.2) is 9.97 Å². The first-order valence-corrected chi connectivity index (χ1v) is 10.5. The number of carbonyl (C=O) groups is 1. The molecule has 5 aromatic rings. The molecule has 0 aliphatic rings. The van der Waals surface area contributed by atoms with Crippen LogP contribution in [0.3, 0.4) is 0 Å². The van der Waals surface area contributed by atoms with Crippen molar-refractivity contribution in [2.75, 3.05) is 0 Å². The summed E-state index contributed by atoms with van der Waals surface area (Å²) in [6.45, 7) is 1.26. The molecule has 0 spiro atoms. The van der Waals surface area contributed by atoms with Gasteiger partial charge in [0.05, 0.1) is 30.1 Å². The van der Waals surface area contributed by atoms with Gasteiger partial charge in [-0.15, -0.1) is 0 Å². The van der Waals surface area contributed by atoms with E-state index in [0.29, 0.717) is 36.6 Å². The van der Waals surface area contributed by atoms with E-state index < -0.39 is 5.91 Å². The first kappa shape index (κ1) is 20.4. The summed E-state index contributed by atoms with van der Waals surface area (Å²) in [4.78, 5) is 34.9. The van der Waals surface area contributed by atoms with Crippen LogP contribution in [-0.4, -0.2) is 29.4 Å². The Labute approximate surface area is 187 Å². The summed E-state index contributed by atoms with van der Waals surface area (Å²) in [6.07, 6.45) is 9.12. The summed E-state index contributed by atoms with van der Waals surface area (Å²) in [5.74, 6) is 0.135. The van der Waals surface area contributed by atoms with Gasteiger partial charge in [0.15, 0.2) is 0 Å². The Hall–Kier alpha value is -4.47. The number of fused-ring (bicyclic) bond motifs is 2. The molecule has 0 saturated heterocycles. The van der Waals surface area contributed by atoms with Crippen LogP contribution in [0.1, 0.15) is 22.5 Å². The predicted octanol–water partition coefficient (Wildman–Crippen LogP) is 1.94. The summed E-state index contributed by atoms with van der Waals surface area (Å²) >= 11 is 0. The number of pyridine rings is 2. The highest BCUT2D eigenvalue weighted by atomic mass is 16.3. The molecule has 5 heterocycles. The Kier molecular flexibility index (Phi) is 5.31. The molecule has 33 heavy (non-hydrogen) atoms. The molecule has 166 valence electrons. The van der Waals surface area contributed by atoms with Gasteiger partial charge in [-0.3, -0.25) is 19.4 Å². The zero-order valence-electron chi connectivity index (χ0n) is 17.6. The van der Waals surface area contributed by atoms with Gasteiger partial charge in [-0.2, -0.15) is 0 Å². The van der Waals surface area contributed by atoms with Crippen molar-refractivity contribution >= 4 is 22.6 Å². The van der Waals surface area contributed by atoms with Gasteiger partial charge >= 0.3 is 0 Å². The summed E-state index contributed by atoms with van der Waals surface area (Å²) in [6, 6.07) is 10.2. The number of rotatable bonds is 7. The molecular formula is C23H21N7O3. The molecule has 1 amide bonds. The molecule has 0 radical (unpaired) electrons. The zero-order valence-corrected chi connectivity index (χ0v) is 17.6. The molecule has 0 aromatic carbocycles. The van der Waals surface area contributed by atoms with Crippen LogP contribution in [0, 0.1) is 5.41 Å². The highest BCUT2D eigenvalue weighted by Gasteiger charge is 2.17. The summed E-state index contributed by atoms with van der Waals surface area (Å²) < 4.78 is 10.3. The van der Waals surface area contributed by atoms with Crippen LogP contribution in [-0.2, 0) is 19.6 Å². The van der Waals surface area contributed by atoms with Crippen LogP contribution in [0.25, 0.3) is 16.7 Å². The number of hydrogen-bond acceptors (Lipinski definition) is 6. The number of imidazole rings is 1. The van der Waals surface area contributed by atoms with E-state index in [1.54, 1.807) is 53.6 Å².